The van der Waals surface area contributed by atoms with Gasteiger partial charge in [0.05, 0.1) is 0 Å². The molecule has 0 bridgehead atoms. The topological polar surface area (TPSA) is 3.24 Å². The quantitative estimate of drug-likeness (QED) is 0.175. The van der Waals surface area contributed by atoms with Gasteiger partial charge in [-0.3, -0.25) is 0 Å². The second kappa shape index (κ2) is 12.3. The van der Waals surface area contributed by atoms with Crippen LogP contribution in [0.4, 0.5) is 11.4 Å². The van der Waals surface area contributed by atoms with Crippen LogP contribution in [0, 0.1) is 0 Å². The first kappa shape index (κ1) is 30.4. The number of hydrogen-bond donors (Lipinski definition) is 0. The first-order chi connectivity index (χ1) is 24.6. The molecule has 0 atom stereocenters. The summed E-state index contributed by atoms with van der Waals surface area (Å²) in [6, 6.07) is 53.6. The first-order valence-corrected chi connectivity index (χ1v) is 18.0. The molecular formula is C49H41N. The zero-order valence-corrected chi connectivity index (χ0v) is 28.9. The number of benzene rings is 6. The van der Waals surface area contributed by atoms with Gasteiger partial charge >= 0.3 is 0 Å². The maximum Gasteiger partial charge on any atom is 0.0461 e. The van der Waals surface area contributed by atoms with Crippen molar-refractivity contribution in [3.63, 3.8) is 0 Å². The van der Waals surface area contributed by atoms with Gasteiger partial charge < -0.3 is 4.90 Å². The summed E-state index contributed by atoms with van der Waals surface area (Å²) in [5, 5.41) is 0. The van der Waals surface area contributed by atoms with Crippen molar-refractivity contribution in [2.45, 2.75) is 44.9 Å². The van der Waals surface area contributed by atoms with Crippen LogP contribution in [0.25, 0.3) is 39.0 Å². The average Bonchev–Trinajstić information content (AvgIpc) is 3.41. The van der Waals surface area contributed by atoms with Gasteiger partial charge in [0.2, 0.25) is 0 Å². The third-order valence-electron chi connectivity index (χ3n) is 11.1. The van der Waals surface area contributed by atoms with Crippen LogP contribution in [0.1, 0.15) is 55.4 Å². The molecule has 1 nitrogen and oxygen atoms in total. The van der Waals surface area contributed by atoms with E-state index < -0.39 is 0 Å². The Bertz CT molecular complexity index is 2320. The Morgan fingerprint density at radius 3 is 1.92 bits per heavy atom. The van der Waals surface area contributed by atoms with Gasteiger partial charge in [0, 0.05) is 22.5 Å². The molecule has 0 N–H and O–H groups in total. The summed E-state index contributed by atoms with van der Waals surface area (Å²) < 4.78 is 0. The Morgan fingerprint density at radius 1 is 0.500 bits per heavy atom. The molecule has 0 aliphatic heterocycles. The molecule has 0 unspecified atom stereocenters. The van der Waals surface area contributed by atoms with Crippen molar-refractivity contribution < 1.29 is 0 Å². The second-order valence-corrected chi connectivity index (χ2v) is 14.4. The first-order valence-electron chi connectivity index (χ1n) is 18.0. The zero-order chi connectivity index (χ0) is 33.7. The molecule has 6 aromatic rings. The maximum absolute atomic E-state index is 2.50. The van der Waals surface area contributed by atoms with Crippen molar-refractivity contribution in [1.82, 2.24) is 0 Å². The van der Waals surface area contributed by atoms with E-state index in [1.54, 1.807) is 0 Å². The van der Waals surface area contributed by atoms with E-state index in [4.69, 9.17) is 0 Å². The summed E-state index contributed by atoms with van der Waals surface area (Å²) in [4.78, 5) is 2.50. The molecule has 0 spiro atoms. The molecule has 0 radical (unpaired) electrons. The molecule has 0 heterocycles. The van der Waals surface area contributed by atoms with E-state index in [9.17, 15) is 0 Å². The van der Waals surface area contributed by atoms with Crippen molar-refractivity contribution >= 4 is 16.9 Å². The number of aryl methyl sites for hydroxylation is 1. The lowest BCUT2D eigenvalue weighted by Gasteiger charge is -2.32. The zero-order valence-electron chi connectivity index (χ0n) is 28.9. The van der Waals surface area contributed by atoms with E-state index in [0.29, 0.717) is 0 Å². The van der Waals surface area contributed by atoms with Gasteiger partial charge in [-0.25, -0.2) is 0 Å². The number of nitrogens with zero attached hydrogens (tertiary/aromatic N) is 1. The molecule has 1 heteroatoms. The van der Waals surface area contributed by atoms with E-state index >= 15 is 0 Å². The van der Waals surface area contributed by atoms with Crippen molar-refractivity contribution in [3.05, 3.63) is 197 Å². The van der Waals surface area contributed by atoms with Crippen molar-refractivity contribution in [1.29, 1.82) is 0 Å². The third kappa shape index (κ3) is 5.17. The lowest BCUT2D eigenvalue weighted by Crippen LogP contribution is -2.20. The lowest BCUT2D eigenvalue weighted by atomic mass is 9.78. The fraction of sp³-hybridized carbons (Fsp3) is 0.143. The molecule has 0 fully saturated rings. The molecule has 0 saturated heterocycles. The van der Waals surface area contributed by atoms with Gasteiger partial charge in [-0.15, -0.1) is 0 Å². The predicted molar refractivity (Wildman–Crippen MR) is 212 cm³/mol. The SMILES string of the molecule is CC1(C)c2cc(N(C3=CC=C(C4=CCCc5ccccc54)CC3)c3ccc(-c4ccccc4)cc3)ccc2-c2cccc(-c3ccccc3)c21. The van der Waals surface area contributed by atoms with Crippen LogP contribution in [0.2, 0.25) is 0 Å². The van der Waals surface area contributed by atoms with Crippen LogP contribution in [-0.4, -0.2) is 0 Å². The van der Waals surface area contributed by atoms with Gasteiger partial charge in [0.1, 0.15) is 0 Å². The van der Waals surface area contributed by atoms with E-state index in [0.717, 1.165) is 25.7 Å². The van der Waals surface area contributed by atoms with Crippen LogP contribution < -0.4 is 4.90 Å². The highest BCUT2D eigenvalue weighted by molar-refractivity contribution is 5.90. The molecule has 3 aliphatic carbocycles. The number of rotatable bonds is 6. The van der Waals surface area contributed by atoms with Crippen LogP contribution in [-0.2, 0) is 11.8 Å². The van der Waals surface area contributed by atoms with E-state index in [1.165, 1.54) is 83.9 Å². The largest absolute Gasteiger partial charge is 0.314 e. The average molecular weight is 644 g/mol. The van der Waals surface area contributed by atoms with E-state index in [2.05, 4.69) is 183 Å². The van der Waals surface area contributed by atoms with Crippen molar-refractivity contribution in [2.24, 2.45) is 0 Å². The highest BCUT2D eigenvalue weighted by Gasteiger charge is 2.38. The predicted octanol–water partition coefficient (Wildman–Crippen LogP) is 13.1. The number of allylic oxidation sites excluding steroid dienone is 6. The summed E-state index contributed by atoms with van der Waals surface area (Å²) >= 11 is 0. The fourth-order valence-corrected chi connectivity index (χ4v) is 8.60. The number of hydrogen-bond acceptors (Lipinski definition) is 1. The minimum atomic E-state index is -0.148. The normalized spacial score (nSPS) is 15.6. The van der Waals surface area contributed by atoms with Crippen molar-refractivity contribution in [2.75, 3.05) is 4.90 Å². The summed E-state index contributed by atoms with van der Waals surface area (Å²) in [7, 11) is 0. The minimum Gasteiger partial charge on any atom is -0.314 e. The monoisotopic (exact) mass is 643 g/mol. The van der Waals surface area contributed by atoms with Crippen LogP contribution in [0.3, 0.4) is 0 Å². The highest BCUT2D eigenvalue weighted by Crippen LogP contribution is 2.53. The summed E-state index contributed by atoms with van der Waals surface area (Å²) in [5.41, 5.74) is 19.9. The summed E-state index contributed by atoms with van der Waals surface area (Å²) in [5.74, 6) is 0. The number of anilines is 2. The Kier molecular flexibility index (Phi) is 7.50. The second-order valence-electron chi connectivity index (χ2n) is 14.4. The standard InChI is InChI=1S/C49H41N/c1-49(2)47-33-41(31-32-45(47)46-22-12-21-44(48(46)49)37-15-7-4-8-16-37)50(39-27-23-35(24-28-39)34-13-5-3-6-14-34)40-29-25-38(26-30-40)43-20-11-18-36-17-9-10-19-42(36)43/h3-10,12-17,19-25,27-29,31-33H,11,18,26,30H2,1-2H3. The van der Waals surface area contributed by atoms with Gasteiger partial charge in [-0.2, -0.15) is 0 Å². The summed E-state index contributed by atoms with van der Waals surface area (Å²) in [6.45, 7) is 4.80. The smallest absolute Gasteiger partial charge is 0.0461 e. The van der Waals surface area contributed by atoms with Crippen LogP contribution in [0.15, 0.2) is 175 Å². The van der Waals surface area contributed by atoms with Gasteiger partial charge in [-0.05, 0) is 123 Å². The molecule has 50 heavy (non-hydrogen) atoms. The van der Waals surface area contributed by atoms with E-state index in [1.807, 2.05) is 0 Å². The van der Waals surface area contributed by atoms with Gasteiger partial charge in [0.25, 0.3) is 0 Å². The molecule has 0 saturated carbocycles. The van der Waals surface area contributed by atoms with Gasteiger partial charge in [-0.1, -0.05) is 147 Å². The Labute approximate surface area is 296 Å². The lowest BCUT2D eigenvalue weighted by molar-refractivity contribution is 0.662. The van der Waals surface area contributed by atoms with Gasteiger partial charge in [0.15, 0.2) is 0 Å². The number of fused-ring (bicyclic) bond motifs is 4. The molecule has 242 valence electrons. The van der Waals surface area contributed by atoms with E-state index in [-0.39, 0.29) is 5.41 Å². The van der Waals surface area contributed by atoms with Crippen LogP contribution >= 0.6 is 0 Å². The highest BCUT2D eigenvalue weighted by atomic mass is 15.1. The molecule has 9 rings (SSSR count). The molecular weight excluding hydrogens is 603 g/mol. The Morgan fingerprint density at radius 2 is 1.16 bits per heavy atom. The van der Waals surface area contributed by atoms with Crippen LogP contribution in [0.5, 0.6) is 0 Å². The summed E-state index contributed by atoms with van der Waals surface area (Å²) in [6.07, 6.45) is 11.5. The molecule has 3 aliphatic rings. The Hall–Kier alpha value is -5.66. The molecule has 0 amide bonds. The molecule has 0 aromatic heterocycles. The third-order valence-corrected chi connectivity index (χ3v) is 11.1. The fourth-order valence-electron chi connectivity index (χ4n) is 8.60. The maximum atomic E-state index is 2.50. The van der Waals surface area contributed by atoms with Crippen molar-refractivity contribution in [3.8, 4) is 33.4 Å². The minimum absolute atomic E-state index is 0.148. The molecule has 6 aromatic carbocycles. The Balaban J connectivity index is 1.14.